The minimum atomic E-state index is -0.502. The molecule has 1 aromatic carbocycles. The summed E-state index contributed by atoms with van der Waals surface area (Å²) in [5, 5.41) is 2.41. The first-order valence-electron chi connectivity index (χ1n) is 5.96. The van der Waals surface area contributed by atoms with E-state index in [2.05, 4.69) is 10.3 Å². The lowest BCUT2D eigenvalue weighted by molar-refractivity contribution is -0.118. The van der Waals surface area contributed by atoms with Gasteiger partial charge < -0.3 is 15.8 Å². The summed E-state index contributed by atoms with van der Waals surface area (Å²) in [6.07, 6.45) is 0. The number of carbonyl (C=O) groups excluding carboxylic acids is 1. The van der Waals surface area contributed by atoms with Gasteiger partial charge in [0.2, 0.25) is 0 Å². The molecule has 2 rings (SSSR count). The Bertz CT molecular complexity index is 632. The Morgan fingerprint density at radius 1 is 1.35 bits per heavy atom. The fraction of sp³-hybridized carbons (Fsp3) is 0.143. The van der Waals surface area contributed by atoms with Gasteiger partial charge in [-0.05, 0) is 31.2 Å². The minimum absolute atomic E-state index is 0.108. The van der Waals surface area contributed by atoms with E-state index in [9.17, 15) is 9.18 Å². The smallest absolute Gasteiger partial charge is 0.262 e. The number of hydrogen-bond donors (Lipinski definition) is 2. The van der Waals surface area contributed by atoms with Crippen LogP contribution in [0.4, 0.5) is 15.9 Å². The maximum absolute atomic E-state index is 13.3. The third-order valence-corrected chi connectivity index (χ3v) is 2.53. The van der Waals surface area contributed by atoms with Crippen LogP contribution in [-0.2, 0) is 4.79 Å². The molecule has 0 saturated carbocycles. The van der Waals surface area contributed by atoms with Crippen LogP contribution in [0.25, 0.3) is 0 Å². The minimum Gasteiger partial charge on any atom is -0.480 e. The van der Waals surface area contributed by atoms with Gasteiger partial charge >= 0.3 is 0 Å². The molecule has 104 valence electrons. The number of nitrogen functional groups attached to an aromatic ring is 1. The summed E-state index contributed by atoms with van der Waals surface area (Å²) in [6.45, 7) is 1.52. The van der Waals surface area contributed by atoms with Gasteiger partial charge in [-0.2, -0.15) is 0 Å². The molecule has 3 N–H and O–H groups in total. The van der Waals surface area contributed by atoms with Gasteiger partial charge in [0.25, 0.3) is 5.91 Å². The van der Waals surface area contributed by atoms with Crippen molar-refractivity contribution in [1.29, 1.82) is 0 Å². The summed E-state index contributed by atoms with van der Waals surface area (Å²) in [6, 6.07) is 9.25. The number of para-hydroxylation sites is 1. The van der Waals surface area contributed by atoms with Gasteiger partial charge in [0.1, 0.15) is 5.82 Å². The van der Waals surface area contributed by atoms with Crippen LogP contribution in [0.5, 0.6) is 5.75 Å². The molecule has 0 fully saturated rings. The van der Waals surface area contributed by atoms with Gasteiger partial charge in [0, 0.05) is 5.69 Å². The number of benzene rings is 1. The molecule has 0 aliphatic carbocycles. The molecule has 2 aromatic rings. The fourth-order valence-electron chi connectivity index (χ4n) is 1.58. The average Bonchev–Trinajstić information content (AvgIpc) is 2.40. The van der Waals surface area contributed by atoms with Crippen molar-refractivity contribution in [2.45, 2.75) is 6.92 Å². The molecule has 1 heterocycles. The van der Waals surface area contributed by atoms with Crippen molar-refractivity contribution in [3.8, 4) is 5.75 Å². The zero-order valence-electron chi connectivity index (χ0n) is 10.9. The Balaban J connectivity index is 1.94. The van der Waals surface area contributed by atoms with Gasteiger partial charge in [-0.25, -0.2) is 9.37 Å². The maximum atomic E-state index is 13.3. The number of aryl methyl sites for hydroxylation is 1. The number of halogens is 1. The molecular formula is C14H14FN3O2. The summed E-state index contributed by atoms with van der Waals surface area (Å²) in [7, 11) is 0. The number of rotatable bonds is 4. The third-order valence-electron chi connectivity index (χ3n) is 2.53. The first-order valence-corrected chi connectivity index (χ1v) is 5.96. The maximum Gasteiger partial charge on any atom is 0.262 e. The van der Waals surface area contributed by atoms with E-state index in [1.807, 2.05) is 0 Å². The molecule has 0 unspecified atom stereocenters. The van der Waals surface area contributed by atoms with E-state index in [0.717, 1.165) is 5.69 Å². The summed E-state index contributed by atoms with van der Waals surface area (Å²) in [4.78, 5) is 15.7. The number of ether oxygens (including phenoxy) is 1. The number of nitrogens with two attached hydrogens (primary N) is 1. The highest BCUT2D eigenvalue weighted by atomic mass is 19.1. The molecule has 0 atom stereocenters. The Morgan fingerprint density at radius 2 is 2.10 bits per heavy atom. The first kappa shape index (κ1) is 13.8. The first-order chi connectivity index (χ1) is 9.56. The summed E-state index contributed by atoms with van der Waals surface area (Å²) in [5.41, 5.74) is 6.52. The van der Waals surface area contributed by atoms with Crippen LogP contribution in [0.3, 0.4) is 0 Å². The van der Waals surface area contributed by atoms with E-state index < -0.39 is 11.7 Å². The molecular weight excluding hydrogens is 261 g/mol. The zero-order chi connectivity index (χ0) is 14.5. The molecule has 5 nitrogen and oxygen atoms in total. The fourth-order valence-corrected chi connectivity index (χ4v) is 1.58. The number of aromatic nitrogens is 1. The molecule has 0 radical (unpaired) electrons. The Morgan fingerprint density at radius 3 is 2.80 bits per heavy atom. The summed E-state index contributed by atoms with van der Waals surface area (Å²) < 4.78 is 18.6. The number of carbonyl (C=O) groups is 1. The van der Waals surface area contributed by atoms with E-state index in [1.165, 1.54) is 12.1 Å². The van der Waals surface area contributed by atoms with Crippen LogP contribution >= 0.6 is 0 Å². The molecule has 6 heteroatoms. The topological polar surface area (TPSA) is 77.2 Å². The highest BCUT2D eigenvalue weighted by Gasteiger charge is 2.08. The second-order valence-electron chi connectivity index (χ2n) is 4.15. The molecule has 1 aromatic heterocycles. The number of amides is 1. The number of nitrogens with zero attached hydrogens (tertiary/aromatic N) is 1. The largest absolute Gasteiger partial charge is 0.480 e. The van der Waals surface area contributed by atoms with Gasteiger partial charge in [0.15, 0.2) is 18.2 Å². The van der Waals surface area contributed by atoms with Crippen LogP contribution in [-0.4, -0.2) is 17.5 Å². The Kier molecular flexibility index (Phi) is 4.14. The summed E-state index contributed by atoms with van der Waals surface area (Å²) >= 11 is 0. The molecule has 0 saturated heterocycles. The quantitative estimate of drug-likeness (QED) is 0.896. The molecule has 1 amide bonds. The average molecular weight is 275 g/mol. The molecule has 20 heavy (non-hydrogen) atoms. The highest BCUT2D eigenvalue weighted by molar-refractivity contribution is 5.92. The van der Waals surface area contributed by atoms with Crippen LogP contribution in [0.2, 0.25) is 0 Å². The SMILES string of the molecule is Cc1ccc(OCC(=O)Nc2ccccc2F)c(N)n1. The second kappa shape index (κ2) is 6.01. The summed E-state index contributed by atoms with van der Waals surface area (Å²) in [5.74, 6) is -0.449. The van der Waals surface area contributed by atoms with E-state index in [0.29, 0.717) is 5.75 Å². The monoisotopic (exact) mass is 275 g/mol. The normalized spacial score (nSPS) is 10.1. The molecule has 0 aliphatic heterocycles. The molecule has 0 aliphatic rings. The lowest BCUT2D eigenvalue weighted by atomic mass is 10.3. The second-order valence-corrected chi connectivity index (χ2v) is 4.15. The van der Waals surface area contributed by atoms with E-state index >= 15 is 0 Å². The molecule has 0 bridgehead atoms. The number of nitrogens with one attached hydrogen (secondary N) is 1. The highest BCUT2D eigenvalue weighted by Crippen LogP contribution is 2.19. The van der Waals surface area contributed by atoms with Crippen molar-refractivity contribution in [2.75, 3.05) is 17.7 Å². The van der Waals surface area contributed by atoms with Crippen molar-refractivity contribution in [3.63, 3.8) is 0 Å². The predicted octanol–water partition coefficient (Wildman–Crippen LogP) is 2.13. The van der Waals surface area contributed by atoms with Crippen molar-refractivity contribution >= 4 is 17.4 Å². The predicted molar refractivity (Wildman–Crippen MR) is 73.9 cm³/mol. The standard InChI is InChI=1S/C14H14FN3O2/c1-9-6-7-12(14(16)17-9)20-8-13(19)18-11-5-3-2-4-10(11)15/h2-7H,8H2,1H3,(H2,16,17)(H,18,19). The lowest BCUT2D eigenvalue weighted by Crippen LogP contribution is -2.21. The van der Waals surface area contributed by atoms with Gasteiger partial charge in [-0.1, -0.05) is 12.1 Å². The van der Waals surface area contributed by atoms with Gasteiger partial charge in [-0.15, -0.1) is 0 Å². The van der Waals surface area contributed by atoms with Gasteiger partial charge in [0.05, 0.1) is 5.69 Å². The number of anilines is 2. The van der Waals surface area contributed by atoms with Crippen molar-refractivity contribution < 1.29 is 13.9 Å². The van der Waals surface area contributed by atoms with Crippen molar-refractivity contribution in [1.82, 2.24) is 4.98 Å². The lowest BCUT2D eigenvalue weighted by Gasteiger charge is -2.09. The van der Waals surface area contributed by atoms with Crippen LogP contribution in [0, 0.1) is 12.7 Å². The van der Waals surface area contributed by atoms with Crippen LogP contribution < -0.4 is 15.8 Å². The Labute approximate surface area is 115 Å². The van der Waals surface area contributed by atoms with Crippen LogP contribution in [0.1, 0.15) is 5.69 Å². The Hall–Kier alpha value is -2.63. The zero-order valence-corrected chi connectivity index (χ0v) is 10.9. The van der Waals surface area contributed by atoms with E-state index in [1.54, 1.807) is 31.2 Å². The van der Waals surface area contributed by atoms with Crippen molar-refractivity contribution in [3.05, 3.63) is 47.9 Å². The van der Waals surface area contributed by atoms with E-state index in [-0.39, 0.29) is 18.1 Å². The van der Waals surface area contributed by atoms with E-state index in [4.69, 9.17) is 10.5 Å². The van der Waals surface area contributed by atoms with Gasteiger partial charge in [-0.3, -0.25) is 4.79 Å². The third kappa shape index (κ3) is 3.44. The van der Waals surface area contributed by atoms with Crippen molar-refractivity contribution in [2.24, 2.45) is 0 Å². The van der Waals surface area contributed by atoms with Crippen LogP contribution in [0.15, 0.2) is 36.4 Å². The number of hydrogen-bond acceptors (Lipinski definition) is 4. The number of pyridine rings is 1. The molecule has 0 spiro atoms.